The summed E-state index contributed by atoms with van der Waals surface area (Å²) in [4.78, 5) is 12.4. The monoisotopic (exact) mass is 421 g/mol. The molecule has 0 spiro atoms. The molecule has 1 heterocycles. The third-order valence-corrected chi connectivity index (χ3v) is 4.05. The normalized spacial score (nSPS) is 10.5. The second-order valence-corrected chi connectivity index (χ2v) is 6.15. The van der Waals surface area contributed by atoms with Crippen LogP contribution in [0.1, 0.15) is 10.4 Å². The molecular weight excluding hydrogens is 414 g/mol. The maximum Gasteiger partial charge on any atom is 0.255 e. The van der Waals surface area contributed by atoms with Gasteiger partial charge in [-0.3, -0.25) is 4.79 Å². The van der Waals surface area contributed by atoms with Crippen LogP contribution < -0.4 is 5.32 Å². The third-order valence-electron chi connectivity index (χ3n) is 2.90. The lowest BCUT2D eigenvalue weighted by atomic mass is 10.2. The Balaban J connectivity index is 1.85. The summed E-state index contributed by atoms with van der Waals surface area (Å²) in [6.45, 7) is 0. The Morgan fingerprint density at radius 3 is 2.73 bits per heavy atom. The molecule has 1 aromatic heterocycles. The Hall–Kier alpha value is -2.06. The molecule has 0 atom stereocenters. The minimum absolute atomic E-state index is 0.210. The zero-order valence-corrected chi connectivity index (χ0v) is 14.2. The molecule has 0 aliphatic heterocycles. The van der Waals surface area contributed by atoms with E-state index < -0.39 is 0 Å². The highest BCUT2D eigenvalue weighted by Gasteiger charge is 2.10. The molecule has 110 valence electrons. The second-order valence-electron chi connectivity index (χ2n) is 4.38. The highest BCUT2D eigenvalue weighted by molar-refractivity contribution is 9.11. The first-order valence-corrected chi connectivity index (χ1v) is 7.82. The Morgan fingerprint density at radius 1 is 1.14 bits per heavy atom. The standard InChI is InChI=1S/C14H9Br2N5O/c15-10-4-5-13(12(16)7-10)18-14(22)9-2-1-3-11(6-9)21-8-17-19-20-21/h1-8H,(H,18,22). The molecule has 1 amide bonds. The number of carbonyl (C=O) groups is 1. The van der Waals surface area contributed by atoms with Crippen molar-refractivity contribution < 1.29 is 4.79 Å². The minimum atomic E-state index is -0.210. The molecule has 0 saturated heterocycles. The smallest absolute Gasteiger partial charge is 0.255 e. The van der Waals surface area contributed by atoms with E-state index in [0.29, 0.717) is 16.9 Å². The van der Waals surface area contributed by atoms with Crippen molar-refractivity contribution in [3.8, 4) is 5.69 Å². The van der Waals surface area contributed by atoms with E-state index in [2.05, 4.69) is 52.7 Å². The molecule has 1 N–H and O–H groups in total. The molecule has 3 aromatic rings. The number of hydrogen-bond donors (Lipinski definition) is 1. The van der Waals surface area contributed by atoms with Crippen molar-refractivity contribution in [2.45, 2.75) is 0 Å². The number of amides is 1. The Bertz CT molecular complexity index is 820. The van der Waals surface area contributed by atoms with E-state index in [1.54, 1.807) is 18.2 Å². The van der Waals surface area contributed by atoms with Gasteiger partial charge in [0, 0.05) is 14.5 Å². The van der Waals surface area contributed by atoms with Crippen LogP contribution in [-0.4, -0.2) is 26.1 Å². The SMILES string of the molecule is O=C(Nc1ccc(Br)cc1Br)c1cccc(-n2cnnn2)c1. The van der Waals surface area contributed by atoms with E-state index in [1.807, 2.05) is 24.3 Å². The fourth-order valence-electron chi connectivity index (χ4n) is 1.85. The van der Waals surface area contributed by atoms with Crippen LogP contribution in [0.5, 0.6) is 0 Å². The van der Waals surface area contributed by atoms with Gasteiger partial charge in [-0.05, 0) is 62.8 Å². The Kier molecular flexibility index (Phi) is 4.30. The molecule has 0 saturated carbocycles. The van der Waals surface area contributed by atoms with Gasteiger partial charge in [-0.25, -0.2) is 4.68 Å². The van der Waals surface area contributed by atoms with Crippen LogP contribution in [0, 0.1) is 0 Å². The van der Waals surface area contributed by atoms with Crippen molar-refractivity contribution in [2.75, 3.05) is 5.32 Å². The van der Waals surface area contributed by atoms with Crippen molar-refractivity contribution in [2.24, 2.45) is 0 Å². The number of nitrogens with zero attached hydrogens (tertiary/aromatic N) is 4. The van der Waals surface area contributed by atoms with Crippen LogP contribution in [0.4, 0.5) is 5.69 Å². The highest BCUT2D eigenvalue weighted by Crippen LogP contribution is 2.26. The molecule has 0 fully saturated rings. The van der Waals surface area contributed by atoms with Gasteiger partial charge in [-0.1, -0.05) is 22.0 Å². The number of hydrogen-bond acceptors (Lipinski definition) is 4. The van der Waals surface area contributed by atoms with Crippen molar-refractivity contribution >= 4 is 43.5 Å². The van der Waals surface area contributed by atoms with Crippen LogP contribution in [0.25, 0.3) is 5.69 Å². The number of nitrogens with one attached hydrogen (secondary N) is 1. The first-order valence-electron chi connectivity index (χ1n) is 6.23. The van der Waals surface area contributed by atoms with Gasteiger partial charge in [-0.2, -0.15) is 0 Å². The van der Waals surface area contributed by atoms with Crippen LogP contribution in [0.3, 0.4) is 0 Å². The number of aromatic nitrogens is 4. The lowest BCUT2D eigenvalue weighted by Crippen LogP contribution is -2.12. The van der Waals surface area contributed by atoms with Crippen LogP contribution >= 0.6 is 31.9 Å². The van der Waals surface area contributed by atoms with Gasteiger partial charge in [0.1, 0.15) is 6.33 Å². The quantitative estimate of drug-likeness (QED) is 0.701. The topological polar surface area (TPSA) is 72.7 Å². The van der Waals surface area contributed by atoms with Gasteiger partial charge in [0.05, 0.1) is 11.4 Å². The zero-order chi connectivity index (χ0) is 15.5. The van der Waals surface area contributed by atoms with E-state index in [4.69, 9.17) is 0 Å². The molecule has 2 aromatic carbocycles. The molecule has 3 rings (SSSR count). The van der Waals surface area contributed by atoms with Crippen molar-refractivity contribution in [1.29, 1.82) is 0 Å². The Labute approximate surface area is 142 Å². The number of anilines is 1. The second kappa shape index (κ2) is 6.37. The van der Waals surface area contributed by atoms with Crippen molar-refractivity contribution in [3.05, 3.63) is 63.3 Å². The lowest BCUT2D eigenvalue weighted by molar-refractivity contribution is 0.102. The molecule has 6 nitrogen and oxygen atoms in total. The van der Waals surface area contributed by atoms with E-state index in [-0.39, 0.29) is 5.91 Å². The predicted molar refractivity (Wildman–Crippen MR) is 88.9 cm³/mol. The fraction of sp³-hybridized carbons (Fsp3) is 0. The van der Waals surface area contributed by atoms with Gasteiger partial charge in [0.25, 0.3) is 5.91 Å². The molecule has 0 bridgehead atoms. The van der Waals surface area contributed by atoms with E-state index in [9.17, 15) is 4.79 Å². The van der Waals surface area contributed by atoms with Gasteiger partial charge in [0.2, 0.25) is 0 Å². The molecule has 0 unspecified atom stereocenters. The lowest BCUT2D eigenvalue weighted by Gasteiger charge is -2.08. The molecule has 0 radical (unpaired) electrons. The molecular formula is C14H9Br2N5O. The summed E-state index contributed by atoms with van der Waals surface area (Å²) in [7, 11) is 0. The fourth-order valence-corrected chi connectivity index (χ4v) is 3.00. The number of halogens is 2. The van der Waals surface area contributed by atoms with E-state index >= 15 is 0 Å². The zero-order valence-electron chi connectivity index (χ0n) is 11.1. The largest absolute Gasteiger partial charge is 0.321 e. The maximum atomic E-state index is 12.4. The predicted octanol–water partition coefficient (Wildman–Crippen LogP) is 3.44. The average Bonchev–Trinajstić information content (AvgIpc) is 3.04. The Morgan fingerprint density at radius 2 is 2.00 bits per heavy atom. The van der Waals surface area contributed by atoms with E-state index in [0.717, 1.165) is 8.95 Å². The molecule has 8 heteroatoms. The summed E-state index contributed by atoms with van der Waals surface area (Å²) < 4.78 is 3.22. The summed E-state index contributed by atoms with van der Waals surface area (Å²) in [5.41, 5.74) is 1.93. The summed E-state index contributed by atoms with van der Waals surface area (Å²) in [5, 5.41) is 13.8. The van der Waals surface area contributed by atoms with Crippen LogP contribution in [0.2, 0.25) is 0 Å². The average molecular weight is 423 g/mol. The summed E-state index contributed by atoms with van der Waals surface area (Å²) in [5.74, 6) is -0.210. The molecule has 0 aliphatic rings. The van der Waals surface area contributed by atoms with Gasteiger partial charge in [0.15, 0.2) is 0 Å². The maximum absolute atomic E-state index is 12.4. The third kappa shape index (κ3) is 3.23. The molecule has 22 heavy (non-hydrogen) atoms. The van der Waals surface area contributed by atoms with Gasteiger partial charge in [-0.15, -0.1) is 5.10 Å². The number of rotatable bonds is 3. The van der Waals surface area contributed by atoms with Crippen molar-refractivity contribution in [1.82, 2.24) is 20.2 Å². The molecule has 0 aliphatic carbocycles. The number of tetrazole rings is 1. The first kappa shape index (κ1) is 14.9. The van der Waals surface area contributed by atoms with E-state index in [1.165, 1.54) is 11.0 Å². The minimum Gasteiger partial charge on any atom is -0.321 e. The van der Waals surface area contributed by atoms with Crippen molar-refractivity contribution in [3.63, 3.8) is 0 Å². The van der Waals surface area contributed by atoms with Gasteiger partial charge >= 0.3 is 0 Å². The highest BCUT2D eigenvalue weighted by atomic mass is 79.9. The first-order chi connectivity index (χ1) is 10.6. The summed E-state index contributed by atoms with van der Waals surface area (Å²) >= 11 is 6.79. The number of carbonyl (C=O) groups excluding carboxylic acids is 1. The number of benzene rings is 2. The van der Waals surface area contributed by atoms with Crippen LogP contribution in [0.15, 0.2) is 57.7 Å². The summed E-state index contributed by atoms with van der Waals surface area (Å²) in [6.07, 6.45) is 1.47. The van der Waals surface area contributed by atoms with Gasteiger partial charge < -0.3 is 5.32 Å². The summed E-state index contributed by atoms with van der Waals surface area (Å²) in [6, 6.07) is 12.6. The van der Waals surface area contributed by atoms with Crippen LogP contribution in [-0.2, 0) is 0 Å².